The topological polar surface area (TPSA) is 66.7 Å². The first kappa shape index (κ1) is 20.1. The number of benzene rings is 2. The molecule has 0 spiro atoms. The second-order valence-corrected chi connectivity index (χ2v) is 8.00. The first-order valence-electron chi connectivity index (χ1n) is 10.5. The van der Waals surface area contributed by atoms with Crippen LogP contribution in [0.3, 0.4) is 0 Å². The summed E-state index contributed by atoms with van der Waals surface area (Å²) in [5, 5.41) is 0. The summed E-state index contributed by atoms with van der Waals surface area (Å²) in [4.78, 5) is 33.5. The van der Waals surface area contributed by atoms with Crippen molar-refractivity contribution in [1.29, 1.82) is 0 Å². The smallest absolute Gasteiger partial charge is 0.253 e. The molecule has 2 unspecified atom stereocenters. The molecule has 1 aromatic heterocycles. The van der Waals surface area contributed by atoms with E-state index >= 15 is 0 Å². The van der Waals surface area contributed by atoms with Gasteiger partial charge in [0.15, 0.2) is 5.58 Å². The molecule has 6 heteroatoms. The molecule has 30 heavy (non-hydrogen) atoms. The number of aromatic nitrogens is 1. The Hall–Kier alpha value is -3.15. The first-order valence-corrected chi connectivity index (χ1v) is 10.5. The van der Waals surface area contributed by atoms with Gasteiger partial charge >= 0.3 is 0 Å². The number of carbonyl (C=O) groups is 2. The van der Waals surface area contributed by atoms with E-state index in [-0.39, 0.29) is 23.8 Å². The van der Waals surface area contributed by atoms with Crippen molar-refractivity contribution < 1.29 is 14.0 Å². The molecule has 0 radical (unpaired) electrons. The van der Waals surface area contributed by atoms with Crippen LogP contribution in [0.15, 0.2) is 52.9 Å². The van der Waals surface area contributed by atoms with E-state index in [2.05, 4.69) is 4.98 Å². The third kappa shape index (κ3) is 3.82. The van der Waals surface area contributed by atoms with Gasteiger partial charge in [-0.2, -0.15) is 0 Å². The maximum absolute atomic E-state index is 13.0. The van der Waals surface area contributed by atoms with Crippen LogP contribution in [0.4, 0.5) is 0 Å². The molecule has 1 aliphatic rings. The van der Waals surface area contributed by atoms with E-state index in [1.54, 1.807) is 9.80 Å². The summed E-state index contributed by atoms with van der Waals surface area (Å²) in [5.41, 5.74) is 3.01. The Bertz CT molecular complexity index is 1020. The van der Waals surface area contributed by atoms with Gasteiger partial charge in [0.1, 0.15) is 5.52 Å². The SMILES string of the molecule is CCN(C)C(=O)C1CCC(N(C)C(=O)c2ccc(-c3nc4ccccc4o3)cc2)C1. The molecule has 3 aromatic rings. The maximum Gasteiger partial charge on any atom is 0.253 e. The molecule has 156 valence electrons. The lowest BCUT2D eigenvalue weighted by Crippen LogP contribution is -2.37. The van der Waals surface area contributed by atoms with Crippen molar-refractivity contribution >= 4 is 22.9 Å². The van der Waals surface area contributed by atoms with Gasteiger partial charge in [-0.05, 0) is 62.6 Å². The minimum absolute atomic E-state index is 0.0109. The van der Waals surface area contributed by atoms with Gasteiger partial charge in [0.2, 0.25) is 11.8 Å². The van der Waals surface area contributed by atoms with Crippen LogP contribution < -0.4 is 0 Å². The number of carbonyl (C=O) groups excluding carboxylic acids is 2. The lowest BCUT2D eigenvalue weighted by atomic mass is 10.1. The third-order valence-electron chi connectivity index (χ3n) is 6.15. The van der Waals surface area contributed by atoms with Gasteiger partial charge < -0.3 is 14.2 Å². The van der Waals surface area contributed by atoms with Crippen LogP contribution in [-0.2, 0) is 4.79 Å². The summed E-state index contributed by atoms with van der Waals surface area (Å²) in [6.45, 7) is 2.69. The monoisotopic (exact) mass is 405 g/mol. The van der Waals surface area contributed by atoms with E-state index < -0.39 is 0 Å². The second-order valence-electron chi connectivity index (χ2n) is 8.00. The number of amides is 2. The Morgan fingerprint density at radius 3 is 2.50 bits per heavy atom. The summed E-state index contributed by atoms with van der Waals surface area (Å²) >= 11 is 0. The zero-order chi connectivity index (χ0) is 21.3. The summed E-state index contributed by atoms with van der Waals surface area (Å²) in [6.07, 6.45) is 2.42. The van der Waals surface area contributed by atoms with Crippen molar-refractivity contribution in [2.24, 2.45) is 5.92 Å². The van der Waals surface area contributed by atoms with Crippen LogP contribution in [-0.4, -0.2) is 53.3 Å². The van der Waals surface area contributed by atoms with Crippen molar-refractivity contribution in [1.82, 2.24) is 14.8 Å². The Kier molecular flexibility index (Phi) is 5.57. The highest BCUT2D eigenvalue weighted by atomic mass is 16.3. The lowest BCUT2D eigenvalue weighted by Gasteiger charge is -2.25. The third-order valence-corrected chi connectivity index (χ3v) is 6.15. The molecule has 1 heterocycles. The molecule has 2 aromatic carbocycles. The molecular formula is C24H27N3O3. The molecule has 0 N–H and O–H groups in total. The highest BCUT2D eigenvalue weighted by Gasteiger charge is 2.35. The molecular weight excluding hydrogens is 378 g/mol. The summed E-state index contributed by atoms with van der Waals surface area (Å²) in [6, 6.07) is 15.1. The Morgan fingerprint density at radius 2 is 1.80 bits per heavy atom. The van der Waals surface area contributed by atoms with E-state index in [9.17, 15) is 9.59 Å². The van der Waals surface area contributed by atoms with Crippen LogP contribution >= 0.6 is 0 Å². The zero-order valence-corrected chi connectivity index (χ0v) is 17.7. The van der Waals surface area contributed by atoms with Gasteiger partial charge in [-0.1, -0.05) is 12.1 Å². The van der Waals surface area contributed by atoms with Crippen molar-refractivity contribution in [3.63, 3.8) is 0 Å². The van der Waals surface area contributed by atoms with Crippen molar-refractivity contribution in [2.75, 3.05) is 20.6 Å². The van der Waals surface area contributed by atoms with E-state index in [0.29, 0.717) is 18.0 Å². The predicted molar refractivity (Wildman–Crippen MR) is 116 cm³/mol. The number of oxazole rings is 1. The van der Waals surface area contributed by atoms with Gasteiger partial charge in [0.05, 0.1) is 0 Å². The Morgan fingerprint density at radius 1 is 1.07 bits per heavy atom. The van der Waals surface area contributed by atoms with E-state index in [4.69, 9.17) is 4.42 Å². The van der Waals surface area contributed by atoms with Gasteiger partial charge in [-0.15, -0.1) is 0 Å². The number of para-hydroxylation sites is 2. The molecule has 2 amide bonds. The second kappa shape index (κ2) is 8.30. The van der Waals surface area contributed by atoms with E-state index in [0.717, 1.165) is 35.9 Å². The lowest BCUT2D eigenvalue weighted by molar-refractivity contribution is -0.133. The van der Waals surface area contributed by atoms with Crippen LogP contribution in [0.5, 0.6) is 0 Å². The Labute approximate surface area is 176 Å². The molecule has 1 saturated carbocycles. The van der Waals surface area contributed by atoms with Crippen molar-refractivity contribution in [3.8, 4) is 11.5 Å². The highest BCUT2D eigenvalue weighted by Crippen LogP contribution is 2.31. The molecule has 6 nitrogen and oxygen atoms in total. The molecule has 0 bridgehead atoms. The fourth-order valence-corrected chi connectivity index (χ4v) is 4.12. The van der Waals surface area contributed by atoms with Crippen molar-refractivity contribution in [3.05, 3.63) is 54.1 Å². The molecule has 1 aliphatic carbocycles. The molecule has 4 rings (SSSR count). The van der Waals surface area contributed by atoms with Gasteiger partial charge in [-0.25, -0.2) is 4.98 Å². The van der Waals surface area contributed by atoms with Crippen LogP contribution in [0.25, 0.3) is 22.6 Å². The predicted octanol–water partition coefficient (Wildman–Crippen LogP) is 4.21. The maximum atomic E-state index is 13.0. The van der Waals surface area contributed by atoms with Crippen LogP contribution in [0.1, 0.15) is 36.5 Å². The summed E-state index contributed by atoms with van der Waals surface area (Å²) in [7, 11) is 3.67. The quantitative estimate of drug-likeness (QED) is 0.638. The fraction of sp³-hybridized carbons (Fsp3) is 0.375. The zero-order valence-electron chi connectivity index (χ0n) is 17.7. The van der Waals surface area contributed by atoms with E-state index in [1.165, 1.54) is 0 Å². The number of fused-ring (bicyclic) bond motifs is 1. The largest absolute Gasteiger partial charge is 0.436 e. The van der Waals surface area contributed by atoms with Crippen LogP contribution in [0.2, 0.25) is 0 Å². The highest BCUT2D eigenvalue weighted by molar-refractivity contribution is 5.94. The van der Waals surface area contributed by atoms with Crippen molar-refractivity contribution in [2.45, 2.75) is 32.2 Å². The average Bonchev–Trinajstić information content (AvgIpc) is 3.44. The Balaban J connectivity index is 1.44. The minimum Gasteiger partial charge on any atom is -0.436 e. The number of hydrogen-bond acceptors (Lipinski definition) is 4. The first-order chi connectivity index (χ1) is 14.5. The summed E-state index contributed by atoms with van der Waals surface area (Å²) < 4.78 is 5.80. The van der Waals surface area contributed by atoms with E-state index in [1.807, 2.05) is 69.6 Å². The number of hydrogen-bond donors (Lipinski definition) is 0. The number of nitrogens with zero attached hydrogens (tertiary/aromatic N) is 3. The van der Waals surface area contributed by atoms with Crippen LogP contribution in [0, 0.1) is 5.92 Å². The molecule has 1 fully saturated rings. The standard InChI is InChI=1S/C24H27N3O3/c1-4-26(2)23(28)18-13-14-19(15-18)27(3)24(29)17-11-9-16(10-12-17)22-25-20-7-5-6-8-21(20)30-22/h5-12,18-19H,4,13-15H2,1-3H3. The normalized spacial score (nSPS) is 18.5. The van der Waals surface area contributed by atoms with Gasteiger partial charge in [-0.3, -0.25) is 9.59 Å². The van der Waals surface area contributed by atoms with Gasteiger partial charge in [0.25, 0.3) is 5.91 Å². The minimum atomic E-state index is -0.0268. The average molecular weight is 405 g/mol. The summed E-state index contributed by atoms with van der Waals surface area (Å²) in [5.74, 6) is 0.710. The molecule has 0 aliphatic heterocycles. The molecule has 2 atom stereocenters. The van der Waals surface area contributed by atoms with Gasteiger partial charge in [0, 0.05) is 43.7 Å². The fourth-order valence-electron chi connectivity index (χ4n) is 4.12. The number of rotatable bonds is 5. The molecule has 0 saturated heterocycles.